The lowest BCUT2D eigenvalue weighted by Gasteiger charge is -2.53. The number of hydrogen-bond donors (Lipinski definition) is 22. The quantitative estimate of drug-likeness (QED) is 0.0220. The number of aliphatic hydroxyl groups is 19. The summed E-state index contributed by atoms with van der Waals surface area (Å²) in [6.07, 6.45) is -32.5. The zero-order valence-corrected chi connectivity index (χ0v) is 71.0. The molecule has 706 valence electrons. The first-order valence-electron chi connectivity index (χ1n) is 44.2. The van der Waals surface area contributed by atoms with Crippen molar-refractivity contribution in [3.63, 3.8) is 0 Å². The number of aliphatic hydroxyl groups excluding tert-OH is 19. The molecule has 0 saturated carbocycles. The number of hydrogen-bond acceptors (Lipinski definition) is 36. The van der Waals surface area contributed by atoms with Gasteiger partial charge in [0.1, 0.15) is 159 Å². The average molecular weight is 1750 g/mol. The summed E-state index contributed by atoms with van der Waals surface area (Å²) in [6.45, 7) is 3.11. The van der Waals surface area contributed by atoms with Gasteiger partial charge in [-0.25, -0.2) is 0 Å². The molecule has 14 unspecified atom stereocenters. The second kappa shape index (κ2) is 54.3. The van der Waals surface area contributed by atoms with Gasteiger partial charge in [-0.1, -0.05) is 180 Å². The molecule has 3 amide bonds. The van der Waals surface area contributed by atoms with Crippen molar-refractivity contribution in [1.29, 1.82) is 0 Å². The molecule has 0 aromatic rings. The monoisotopic (exact) mass is 1750 g/mol. The molecule has 7 heterocycles. The van der Waals surface area contributed by atoms with Crippen molar-refractivity contribution in [2.24, 2.45) is 0 Å². The SMILES string of the molecule is CCCCCCCCCCCCC/C=C/[C@@H](O)[C@H](CO[C@@H]1OC(CO)[C@@H](O[C@@H]2OC(CO)[C@H](O)[C@H](O[C@@H]3OC(CO)[C@@H](O[C@@H]4OC(CO)[C@H](O)[C@H](O[C@H]5OC(CO)[C@H](O)[C@H](O)C5NC(C)=O)C4O[C@H]4OC(C)[C@@H](O)C(O)[C@@H]4O)[C@H](O[C@H]4OC(C)[C@@H](O)C(O)[C@@H]4O)C3NC(C)=O)C2O)[C@H](O)C1O)NC(=O)CCCCCCCCCCCCCCCCC. The highest BCUT2D eigenvalue weighted by molar-refractivity contribution is 5.76. The highest BCUT2D eigenvalue weighted by atomic mass is 16.8. The van der Waals surface area contributed by atoms with E-state index in [0.717, 1.165) is 65.2 Å². The number of allylic oxidation sites excluding steroid dienone is 1. The molecule has 39 heteroatoms. The molecule has 0 aromatic heterocycles. The lowest BCUT2D eigenvalue weighted by atomic mass is 9.93. The molecule has 0 aromatic carbocycles. The van der Waals surface area contributed by atoms with E-state index in [9.17, 15) is 111 Å². The highest BCUT2D eigenvalue weighted by Gasteiger charge is 2.61. The highest BCUT2D eigenvalue weighted by Crippen LogP contribution is 2.41. The van der Waals surface area contributed by atoms with Crippen LogP contribution in [0.2, 0.25) is 0 Å². The maximum absolute atomic E-state index is 13.7. The number of unbranched alkanes of at least 4 members (excludes halogenated alkanes) is 25. The molecule has 7 rings (SSSR count). The van der Waals surface area contributed by atoms with E-state index in [-0.39, 0.29) is 12.3 Å². The Hall–Kier alpha value is -3.17. The second-order valence-corrected chi connectivity index (χ2v) is 33.4. The van der Waals surface area contributed by atoms with E-state index in [0.29, 0.717) is 12.8 Å². The van der Waals surface area contributed by atoms with E-state index in [1.54, 1.807) is 6.08 Å². The van der Waals surface area contributed by atoms with Crippen LogP contribution in [0.25, 0.3) is 0 Å². The molecule has 7 fully saturated rings. The van der Waals surface area contributed by atoms with Gasteiger partial charge in [0.2, 0.25) is 17.7 Å². The lowest BCUT2D eigenvalue weighted by molar-refractivity contribution is -0.409. The number of amides is 3. The predicted octanol–water partition coefficient (Wildman–Crippen LogP) is -2.54. The fourth-order valence-corrected chi connectivity index (χ4v) is 16.4. The van der Waals surface area contributed by atoms with Gasteiger partial charge < -0.3 is 179 Å². The molecule has 37 atom stereocenters. The van der Waals surface area contributed by atoms with Crippen molar-refractivity contribution in [3.05, 3.63) is 12.2 Å². The molecule has 121 heavy (non-hydrogen) atoms. The number of carbonyl (C=O) groups excluding carboxylic acids is 3. The molecule has 7 aliphatic rings. The van der Waals surface area contributed by atoms with E-state index in [1.165, 1.54) is 123 Å². The first-order valence-corrected chi connectivity index (χ1v) is 44.2. The van der Waals surface area contributed by atoms with Gasteiger partial charge in [-0.2, -0.15) is 0 Å². The van der Waals surface area contributed by atoms with Crippen molar-refractivity contribution in [1.82, 2.24) is 16.0 Å². The third-order valence-corrected chi connectivity index (χ3v) is 23.8. The van der Waals surface area contributed by atoms with Crippen LogP contribution in [-0.2, 0) is 80.7 Å². The summed E-state index contributed by atoms with van der Waals surface area (Å²) in [6, 6.07) is -4.85. The Bertz CT molecular complexity index is 2890. The van der Waals surface area contributed by atoms with Gasteiger partial charge >= 0.3 is 0 Å². The van der Waals surface area contributed by atoms with Crippen LogP contribution in [0.3, 0.4) is 0 Å². The molecule has 7 aliphatic heterocycles. The number of ether oxygens (including phenoxy) is 14. The Morgan fingerprint density at radius 3 is 1.20 bits per heavy atom. The maximum Gasteiger partial charge on any atom is 0.220 e. The Balaban J connectivity index is 1.11. The average Bonchev–Trinajstić information content (AvgIpc) is 0.758. The molecule has 0 radical (unpaired) electrons. The summed E-state index contributed by atoms with van der Waals surface area (Å²) in [5.41, 5.74) is 0. The van der Waals surface area contributed by atoms with E-state index in [2.05, 4.69) is 29.8 Å². The summed E-state index contributed by atoms with van der Waals surface area (Å²) >= 11 is 0. The first kappa shape index (κ1) is 105. The minimum atomic E-state index is -2.32. The van der Waals surface area contributed by atoms with Gasteiger partial charge in [0.25, 0.3) is 0 Å². The smallest absolute Gasteiger partial charge is 0.220 e. The summed E-state index contributed by atoms with van der Waals surface area (Å²) in [5, 5.41) is 223. The van der Waals surface area contributed by atoms with Crippen LogP contribution in [0.1, 0.15) is 221 Å². The van der Waals surface area contributed by atoms with Crippen molar-refractivity contribution in [2.45, 2.75) is 448 Å². The van der Waals surface area contributed by atoms with Gasteiger partial charge in [0.15, 0.2) is 44.0 Å². The van der Waals surface area contributed by atoms with Crippen molar-refractivity contribution < 1.29 is 178 Å². The van der Waals surface area contributed by atoms with Crippen molar-refractivity contribution in [3.8, 4) is 0 Å². The Morgan fingerprint density at radius 2 is 0.702 bits per heavy atom. The van der Waals surface area contributed by atoms with E-state index in [1.807, 2.05) is 6.08 Å². The van der Waals surface area contributed by atoms with Crippen molar-refractivity contribution in [2.75, 3.05) is 39.6 Å². The number of nitrogens with one attached hydrogen (secondary N) is 3. The molecule has 0 aliphatic carbocycles. The lowest BCUT2D eigenvalue weighted by Crippen LogP contribution is -2.72. The fraction of sp³-hybridized carbons (Fsp3) is 0.939. The standard InChI is InChI=1S/C82H147N3O36/c1-7-9-11-13-15-17-19-21-22-24-26-28-30-32-34-36-54(94)85-47(48(93)35-33-31-29-27-25-23-20-18-16-14-12-10-8-2)42-108-78-68(106)65(103)70(52(40-89)115-78)116-81-69(107)73(60(98)50(38-87)112-81)119-77-56(84-46(6)92)72(118-79-66(104)63(101)57(95)43(3)109-79)71(53(41-90)114-77)117-82-75(121-80-67(105)64(102)58(96)44(4)110-80)74(61(99)51(39-88)113-82)120-76-55(83-45(5)91)62(100)59(97)49(37-86)111-76/h33,35,43-44,47-53,55-82,86-90,93,95-107H,7-32,34,36-42H2,1-6H3,(H,83,91)(H,84,92)(H,85,94)/b35-33+/t43?,44?,47-,48+,49?,50?,51?,52?,53?,55?,56?,57+,58+,59-,60-,61-,62+,63?,64?,65+,66-,67-,68?,69?,70+,71+,72+,73-,74-,75?,76+,77-,78+,79+,80+,81-,82-/m0/s1. The Kier molecular flexibility index (Phi) is 47.1. The Labute approximate surface area is 708 Å². The number of carbonyl (C=O) groups is 3. The Morgan fingerprint density at radius 1 is 0.339 bits per heavy atom. The summed E-state index contributed by atoms with van der Waals surface area (Å²) in [4.78, 5) is 40.0. The third-order valence-electron chi connectivity index (χ3n) is 23.8. The molecule has 7 saturated heterocycles. The molecule has 0 bridgehead atoms. The molecule has 0 spiro atoms. The first-order chi connectivity index (χ1) is 58.0. The summed E-state index contributed by atoms with van der Waals surface area (Å²) in [5.74, 6) is -2.15. The molecular weight excluding hydrogens is 1600 g/mol. The van der Waals surface area contributed by atoms with E-state index >= 15 is 0 Å². The number of rotatable bonds is 53. The minimum Gasteiger partial charge on any atom is -0.394 e. The van der Waals surface area contributed by atoms with E-state index in [4.69, 9.17) is 66.3 Å². The fourth-order valence-electron chi connectivity index (χ4n) is 16.4. The maximum atomic E-state index is 13.7. The largest absolute Gasteiger partial charge is 0.394 e. The topological polar surface area (TPSA) is 601 Å². The van der Waals surface area contributed by atoms with Crippen LogP contribution in [0.4, 0.5) is 0 Å². The van der Waals surface area contributed by atoms with Crippen LogP contribution in [0.5, 0.6) is 0 Å². The summed E-state index contributed by atoms with van der Waals surface area (Å²) in [7, 11) is 0. The van der Waals surface area contributed by atoms with Crippen LogP contribution in [-0.4, -0.2) is 381 Å². The van der Waals surface area contributed by atoms with Gasteiger partial charge in [-0.3, -0.25) is 14.4 Å². The van der Waals surface area contributed by atoms with Gasteiger partial charge in [-0.05, 0) is 33.1 Å². The van der Waals surface area contributed by atoms with E-state index < -0.39 is 278 Å². The van der Waals surface area contributed by atoms with Crippen LogP contribution in [0.15, 0.2) is 12.2 Å². The van der Waals surface area contributed by atoms with Gasteiger partial charge in [-0.15, -0.1) is 0 Å². The van der Waals surface area contributed by atoms with Gasteiger partial charge in [0.05, 0.1) is 64.0 Å². The minimum absolute atomic E-state index is 0.151. The van der Waals surface area contributed by atoms with Crippen molar-refractivity contribution >= 4 is 17.7 Å². The van der Waals surface area contributed by atoms with Crippen LogP contribution < -0.4 is 16.0 Å². The van der Waals surface area contributed by atoms with Crippen LogP contribution >= 0.6 is 0 Å². The van der Waals surface area contributed by atoms with Crippen LogP contribution in [0, 0.1) is 0 Å². The normalized spacial score (nSPS) is 39.2. The predicted molar refractivity (Wildman–Crippen MR) is 424 cm³/mol. The van der Waals surface area contributed by atoms with Gasteiger partial charge in [0, 0.05) is 20.3 Å². The molecule has 39 nitrogen and oxygen atoms in total. The molecule has 22 N–H and O–H groups in total. The summed E-state index contributed by atoms with van der Waals surface area (Å²) < 4.78 is 86.1. The zero-order chi connectivity index (χ0) is 88.6. The second-order valence-electron chi connectivity index (χ2n) is 33.4. The third kappa shape index (κ3) is 30.7. The zero-order valence-electron chi connectivity index (χ0n) is 71.0. The molecular formula is C82H147N3O36.